The van der Waals surface area contributed by atoms with E-state index in [1.807, 2.05) is 30.3 Å². The molecule has 6 rings (SSSR count). The Morgan fingerprint density at radius 1 is 0.889 bits per heavy atom. The Morgan fingerprint density at radius 2 is 1.63 bits per heavy atom. The van der Waals surface area contributed by atoms with Gasteiger partial charge in [-0.25, -0.2) is 19.4 Å². The third kappa shape index (κ3) is 8.54. The number of carbonyl (C=O) groups is 4. The number of aryl methyl sites for hydroxylation is 1. The standard InChI is InChI=1S/C39H32FN3O11/c1-23-9-6-7-14-29(23)38(48)54-33-18-28(15-16-41-33)52-37(47)27-13-8-12-26(17-27)35(45)43-36(46)30(40)20-42(39(43)49)34-19-31(32(53-34)22-50-24(2)44)51-21-25-10-4-3-5-11-25/h3-18,20,31-32,34H,19,21-22H2,1-2H3/t31-,32+,34+/m0/s1. The Morgan fingerprint density at radius 3 is 2.39 bits per heavy atom. The van der Waals surface area contributed by atoms with Crippen LogP contribution in [0.25, 0.3) is 0 Å². The highest BCUT2D eigenvalue weighted by Crippen LogP contribution is 2.31. The number of ether oxygens (including phenoxy) is 5. The molecule has 3 aromatic carbocycles. The highest BCUT2D eigenvalue weighted by molar-refractivity contribution is 5.99. The molecule has 0 amide bonds. The maximum absolute atomic E-state index is 15.1. The Labute approximate surface area is 306 Å². The molecule has 5 aromatic rings. The fraction of sp³-hybridized carbons (Fsp3) is 0.205. The van der Waals surface area contributed by atoms with Gasteiger partial charge in [0.2, 0.25) is 11.7 Å². The van der Waals surface area contributed by atoms with Crippen LogP contribution in [0.1, 0.15) is 61.8 Å². The molecule has 1 saturated heterocycles. The first-order valence-corrected chi connectivity index (χ1v) is 16.6. The number of hydrogen-bond acceptors (Lipinski definition) is 12. The Kier molecular flexibility index (Phi) is 11.3. The average Bonchev–Trinajstić information content (AvgIpc) is 3.58. The van der Waals surface area contributed by atoms with Gasteiger partial charge in [-0.2, -0.15) is 8.96 Å². The van der Waals surface area contributed by atoms with Crippen LogP contribution >= 0.6 is 0 Å². The van der Waals surface area contributed by atoms with E-state index in [0.717, 1.165) is 16.2 Å². The molecule has 14 nitrogen and oxygen atoms in total. The summed E-state index contributed by atoms with van der Waals surface area (Å²) in [6.45, 7) is 2.88. The van der Waals surface area contributed by atoms with Crippen molar-refractivity contribution in [3.8, 4) is 11.6 Å². The Balaban J connectivity index is 1.20. The minimum atomic E-state index is -1.52. The third-order valence-electron chi connectivity index (χ3n) is 8.35. The van der Waals surface area contributed by atoms with Gasteiger partial charge in [0.05, 0.1) is 30.0 Å². The number of rotatable bonds is 11. The van der Waals surface area contributed by atoms with Crippen LogP contribution in [0, 0.1) is 12.7 Å². The van der Waals surface area contributed by atoms with E-state index >= 15 is 4.39 Å². The van der Waals surface area contributed by atoms with Crippen molar-refractivity contribution in [2.45, 2.75) is 45.3 Å². The lowest BCUT2D eigenvalue weighted by Crippen LogP contribution is -2.46. The van der Waals surface area contributed by atoms with Crippen molar-refractivity contribution in [3.63, 3.8) is 0 Å². The van der Waals surface area contributed by atoms with Gasteiger partial charge < -0.3 is 23.7 Å². The second kappa shape index (κ2) is 16.4. The summed E-state index contributed by atoms with van der Waals surface area (Å²) in [4.78, 5) is 81.5. The zero-order chi connectivity index (χ0) is 38.4. The molecule has 0 spiro atoms. The smallest absolute Gasteiger partial charge is 0.345 e. The molecule has 1 fully saturated rings. The van der Waals surface area contributed by atoms with E-state index in [-0.39, 0.29) is 47.0 Å². The molecule has 2 aromatic heterocycles. The monoisotopic (exact) mass is 737 g/mol. The molecule has 3 heterocycles. The number of benzene rings is 3. The highest BCUT2D eigenvalue weighted by Gasteiger charge is 2.39. The number of pyridine rings is 1. The third-order valence-corrected chi connectivity index (χ3v) is 8.35. The molecule has 0 N–H and O–H groups in total. The number of aromatic nitrogens is 3. The minimum absolute atomic E-state index is 0.0202. The van der Waals surface area contributed by atoms with Crippen LogP contribution in [-0.4, -0.2) is 56.7 Å². The maximum Gasteiger partial charge on any atom is 0.345 e. The number of hydrogen-bond donors (Lipinski definition) is 0. The largest absolute Gasteiger partial charge is 0.463 e. The topological polar surface area (TPSA) is 171 Å². The molecular weight excluding hydrogens is 705 g/mol. The SMILES string of the molecule is CC(=O)OC[C@H]1O[C@@H](n2cc(F)c(=O)n(C(=O)c3cccc(C(=O)Oc4ccnc(OC(=O)c5ccccc5C)c4)c3)c2=O)C[C@@H]1OCc1ccccc1. The lowest BCUT2D eigenvalue weighted by Gasteiger charge is -2.18. The number of carbonyl (C=O) groups excluding carboxylic acids is 4. The first-order valence-electron chi connectivity index (χ1n) is 16.6. The lowest BCUT2D eigenvalue weighted by molar-refractivity contribution is -0.148. The van der Waals surface area contributed by atoms with Gasteiger partial charge in [0, 0.05) is 31.2 Å². The van der Waals surface area contributed by atoms with Crippen molar-refractivity contribution in [3.05, 3.63) is 158 Å². The number of nitrogens with zero attached hydrogens (tertiary/aromatic N) is 3. The Bertz CT molecular complexity index is 2340. The molecule has 3 atom stereocenters. The van der Waals surface area contributed by atoms with Crippen LogP contribution in [0.3, 0.4) is 0 Å². The zero-order valence-corrected chi connectivity index (χ0v) is 28.9. The molecular formula is C39H32FN3O11. The number of esters is 3. The van der Waals surface area contributed by atoms with Crippen LogP contribution in [0.2, 0.25) is 0 Å². The quantitative estimate of drug-likeness (QED) is 0.175. The van der Waals surface area contributed by atoms with Gasteiger partial charge in [-0.15, -0.1) is 0 Å². The molecule has 0 unspecified atom stereocenters. The summed E-state index contributed by atoms with van der Waals surface area (Å²) >= 11 is 0. The summed E-state index contributed by atoms with van der Waals surface area (Å²) in [5.74, 6) is -5.04. The molecule has 276 valence electrons. The van der Waals surface area contributed by atoms with Crippen LogP contribution in [0.4, 0.5) is 4.39 Å². The van der Waals surface area contributed by atoms with Crippen LogP contribution in [0.15, 0.2) is 113 Å². The van der Waals surface area contributed by atoms with Gasteiger partial charge in [-0.3, -0.25) is 19.0 Å². The summed E-state index contributed by atoms with van der Waals surface area (Å²) in [5.41, 5.74) is -1.36. The molecule has 0 radical (unpaired) electrons. The van der Waals surface area contributed by atoms with Crippen molar-refractivity contribution >= 4 is 23.8 Å². The molecule has 0 bridgehead atoms. The van der Waals surface area contributed by atoms with Gasteiger partial charge in [0.15, 0.2) is 0 Å². The molecule has 0 aliphatic carbocycles. The number of halogens is 1. The second-order valence-corrected chi connectivity index (χ2v) is 12.1. The first kappa shape index (κ1) is 37.2. The van der Waals surface area contributed by atoms with Crippen molar-refractivity contribution in [1.29, 1.82) is 0 Å². The normalized spacial score (nSPS) is 16.4. The van der Waals surface area contributed by atoms with E-state index in [1.54, 1.807) is 31.2 Å². The van der Waals surface area contributed by atoms with Crippen LogP contribution in [0.5, 0.6) is 11.6 Å². The van der Waals surface area contributed by atoms with E-state index in [2.05, 4.69) is 4.98 Å². The molecule has 1 aliphatic heterocycles. The van der Waals surface area contributed by atoms with Crippen molar-refractivity contribution in [1.82, 2.24) is 14.1 Å². The first-order chi connectivity index (χ1) is 26.0. The van der Waals surface area contributed by atoms with E-state index < -0.39 is 59.3 Å². The summed E-state index contributed by atoms with van der Waals surface area (Å²) in [7, 11) is 0. The second-order valence-electron chi connectivity index (χ2n) is 12.1. The predicted molar refractivity (Wildman–Crippen MR) is 187 cm³/mol. The van der Waals surface area contributed by atoms with Gasteiger partial charge in [-0.05, 0) is 48.4 Å². The molecule has 1 aliphatic rings. The minimum Gasteiger partial charge on any atom is -0.463 e. The molecule has 0 saturated carbocycles. The van der Waals surface area contributed by atoms with E-state index in [4.69, 9.17) is 23.7 Å². The summed E-state index contributed by atoms with van der Waals surface area (Å²) < 4.78 is 43.8. The van der Waals surface area contributed by atoms with Gasteiger partial charge in [0.1, 0.15) is 24.7 Å². The molecule has 54 heavy (non-hydrogen) atoms. The summed E-state index contributed by atoms with van der Waals surface area (Å²) in [6, 6.07) is 23.4. The lowest BCUT2D eigenvalue weighted by atomic mass is 10.1. The van der Waals surface area contributed by atoms with Crippen molar-refractivity contribution < 1.29 is 47.3 Å². The van der Waals surface area contributed by atoms with Crippen LogP contribution in [-0.2, 0) is 25.6 Å². The Hall–Kier alpha value is -6.58. The van der Waals surface area contributed by atoms with Crippen molar-refractivity contribution in [2.24, 2.45) is 0 Å². The fourth-order valence-corrected chi connectivity index (χ4v) is 5.64. The fourth-order valence-electron chi connectivity index (χ4n) is 5.64. The summed E-state index contributed by atoms with van der Waals surface area (Å²) in [5, 5.41) is 0. The van der Waals surface area contributed by atoms with Gasteiger partial charge >= 0.3 is 23.6 Å². The van der Waals surface area contributed by atoms with E-state index in [0.29, 0.717) is 17.3 Å². The average molecular weight is 738 g/mol. The summed E-state index contributed by atoms with van der Waals surface area (Å²) in [6.07, 6.45) is -0.928. The van der Waals surface area contributed by atoms with E-state index in [1.165, 1.54) is 43.5 Å². The molecule has 15 heteroatoms. The zero-order valence-electron chi connectivity index (χ0n) is 28.9. The van der Waals surface area contributed by atoms with E-state index in [9.17, 15) is 28.8 Å². The highest BCUT2D eigenvalue weighted by atomic mass is 19.1. The van der Waals surface area contributed by atoms with Gasteiger partial charge in [0.25, 0.3) is 11.5 Å². The maximum atomic E-state index is 15.1. The predicted octanol–water partition coefficient (Wildman–Crippen LogP) is 4.42. The van der Waals surface area contributed by atoms with Gasteiger partial charge in [-0.1, -0.05) is 54.6 Å². The van der Waals surface area contributed by atoms with Crippen molar-refractivity contribution in [2.75, 3.05) is 6.61 Å². The van der Waals surface area contributed by atoms with Crippen LogP contribution < -0.4 is 20.7 Å².